The van der Waals surface area contributed by atoms with Crippen LogP contribution in [0.4, 0.5) is 0 Å². The first-order chi connectivity index (χ1) is 7.66. The molecule has 1 heterocycles. The van der Waals surface area contributed by atoms with Crippen molar-refractivity contribution in [1.82, 2.24) is 4.90 Å². The summed E-state index contributed by atoms with van der Waals surface area (Å²) in [5.74, 6) is 0.534. The summed E-state index contributed by atoms with van der Waals surface area (Å²) < 4.78 is 0. The third kappa shape index (κ3) is 2.74. The fourth-order valence-corrected chi connectivity index (χ4v) is 2.83. The Hall–Kier alpha value is -0.610. The smallest absolute Gasteiger partial charge is 0.225 e. The molecule has 4 nitrogen and oxygen atoms in total. The van der Waals surface area contributed by atoms with Crippen LogP contribution >= 0.6 is 0 Å². The number of hydrogen-bond acceptors (Lipinski definition) is 3. The van der Waals surface area contributed by atoms with E-state index in [4.69, 9.17) is 11.5 Å². The zero-order chi connectivity index (χ0) is 11.5. The van der Waals surface area contributed by atoms with Gasteiger partial charge in [0.1, 0.15) is 0 Å². The number of nitrogens with two attached hydrogens (primary N) is 2. The van der Waals surface area contributed by atoms with E-state index < -0.39 is 0 Å². The SMILES string of the molecule is NC1CCC(C(=O)N2CCC[C@@H](N)C2)CC1. The van der Waals surface area contributed by atoms with Crippen LogP contribution in [-0.4, -0.2) is 36.0 Å². The summed E-state index contributed by atoms with van der Waals surface area (Å²) in [5.41, 5.74) is 11.8. The summed E-state index contributed by atoms with van der Waals surface area (Å²) in [6.07, 6.45) is 6.03. The van der Waals surface area contributed by atoms with Gasteiger partial charge in [-0.15, -0.1) is 0 Å². The minimum absolute atomic E-state index is 0.184. The van der Waals surface area contributed by atoms with E-state index in [0.717, 1.165) is 51.6 Å². The molecule has 1 amide bonds. The largest absolute Gasteiger partial charge is 0.341 e. The van der Waals surface area contributed by atoms with Crippen molar-refractivity contribution in [3.05, 3.63) is 0 Å². The van der Waals surface area contributed by atoms with Gasteiger partial charge < -0.3 is 16.4 Å². The maximum atomic E-state index is 12.2. The van der Waals surface area contributed by atoms with E-state index in [9.17, 15) is 4.79 Å². The normalized spacial score (nSPS) is 36.1. The summed E-state index contributed by atoms with van der Waals surface area (Å²) in [4.78, 5) is 14.2. The molecule has 1 atom stereocenters. The Morgan fingerprint density at radius 2 is 1.69 bits per heavy atom. The zero-order valence-electron chi connectivity index (χ0n) is 9.90. The van der Waals surface area contributed by atoms with E-state index in [1.54, 1.807) is 0 Å². The summed E-state index contributed by atoms with van der Waals surface area (Å²) in [5, 5.41) is 0. The Morgan fingerprint density at radius 1 is 1.00 bits per heavy atom. The van der Waals surface area contributed by atoms with Gasteiger partial charge in [-0.1, -0.05) is 0 Å². The van der Waals surface area contributed by atoms with Crippen LogP contribution in [0.3, 0.4) is 0 Å². The second kappa shape index (κ2) is 5.15. The molecule has 4 N–H and O–H groups in total. The van der Waals surface area contributed by atoms with Crippen LogP contribution in [0.25, 0.3) is 0 Å². The van der Waals surface area contributed by atoms with E-state index in [-0.39, 0.29) is 12.0 Å². The van der Waals surface area contributed by atoms with Crippen LogP contribution in [0.5, 0.6) is 0 Å². The van der Waals surface area contributed by atoms with Gasteiger partial charge in [0.05, 0.1) is 0 Å². The van der Waals surface area contributed by atoms with Gasteiger partial charge in [0, 0.05) is 31.1 Å². The number of rotatable bonds is 1. The van der Waals surface area contributed by atoms with Gasteiger partial charge in [0.25, 0.3) is 0 Å². The molecule has 0 aromatic rings. The highest BCUT2D eigenvalue weighted by Crippen LogP contribution is 2.26. The van der Waals surface area contributed by atoms with Crippen LogP contribution in [-0.2, 0) is 4.79 Å². The molecular weight excluding hydrogens is 202 g/mol. The summed E-state index contributed by atoms with van der Waals surface area (Å²) in [6, 6.07) is 0.496. The molecule has 2 rings (SSSR count). The van der Waals surface area contributed by atoms with E-state index in [0.29, 0.717) is 11.9 Å². The summed E-state index contributed by atoms with van der Waals surface area (Å²) in [7, 11) is 0. The maximum absolute atomic E-state index is 12.2. The molecule has 0 aromatic carbocycles. The van der Waals surface area contributed by atoms with Gasteiger partial charge in [-0.3, -0.25) is 4.79 Å². The third-order valence-electron chi connectivity index (χ3n) is 3.89. The molecular formula is C12H23N3O. The van der Waals surface area contributed by atoms with Gasteiger partial charge >= 0.3 is 0 Å². The minimum atomic E-state index is 0.184. The lowest BCUT2D eigenvalue weighted by Gasteiger charge is -2.35. The van der Waals surface area contributed by atoms with Crippen molar-refractivity contribution in [3.8, 4) is 0 Å². The van der Waals surface area contributed by atoms with Crippen molar-refractivity contribution in [2.75, 3.05) is 13.1 Å². The van der Waals surface area contributed by atoms with Crippen LogP contribution < -0.4 is 11.5 Å². The van der Waals surface area contributed by atoms with Crippen LogP contribution in [0.1, 0.15) is 38.5 Å². The first-order valence-electron chi connectivity index (χ1n) is 6.47. The first-order valence-corrected chi connectivity index (χ1v) is 6.47. The monoisotopic (exact) mass is 225 g/mol. The lowest BCUT2D eigenvalue weighted by atomic mass is 9.85. The maximum Gasteiger partial charge on any atom is 0.225 e. The molecule has 4 heteroatoms. The third-order valence-corrected chi connectivity index (χ3v) is 3.89. The Kier molecular flexibility index (Phi) is 3.82. The number of nitrogens with zero attached hydrogens (tertiary/aromatic N) is 1. The van der Waals surface area contributed by atoms with E-state index >= 15 is 0 Å². The quantitative estimate of drug-likeness (QED) is 0.680. The molecule has 0 unspecified atom stereocenters. The second-order valence-corrected chi connectivity index (χ2v) is 5.30. The topological polar surface area (TPSA) is 72.4 Å². The molecule has 92 valence electrons. The summed E-state index contributed by atoms with van der Waals surface area (Å²) >= 11 is 0. The molecule has 1 aliphatic heterocycles. The molecule has 2 aliphatic rings. The highest BCUT2D eigenvalue weighted by molar-refractivity contribution is 5.79. The van der Waals surface area contributed by atoms with Gasteiger partial charge in [0.2, 0.25) is 5.91 Å². The zero-order valence-corrected chi connectivity index (χ0v) is 9.90. The summed E-state index contributed by atoms with van der Waals surface area (Å²) in [6.45, 7) is 1.65. The second-order valence-electron chi connectivity index (χ2n) is 5.30. The van der Waals surface area contributed by atoms with Crippen LogP contribution in [0, 0.1) is 5.92 Å². The molecule has 0 spiro atoms. The molecule has 0 bridgehead atoms. The van der Waals surface area contributed by atoms with Gasteiger partial charge in [-0.2, -0.15) is 0 Å². The molecule has 1 aliphatic carbocycles. The minimum Gasteiger partial charge on any atom is -0.341 e. The molecule has 0 aromatic heterocycles. The predicted octanol–water partition coefficient (Wildman–Crippen LogP) is 0.454. The van der Waals surface area contributed by atoms with Gasteiger partial charge in [0.15, 0.2) is 0 Å². The van der Waals surface area contributed by atoms with E-state index in [1.807, 2.05) is 4.90 Å². The standard InChI is InChI=1S/C12H23N3O/c13-10-5-3-9(4-6-10)12(16)15-7-1-2-11(14)8-15/h9-11H,1-8,13-14H2/t9?,10?,11-/m1/s1. The lowest BCUT2D eigenvalue weighted by Crippen LogP contribution is -2.48. The van der Waals surface area contributed by atoms with Gasteiger partial charge in [-0.05, 0) is 38.5 Å². The molecule has 0 radical (unpaired) electrons. The number of likely N-dealkylation sites (tertiary alicyclic amines) is 1. The highest BCUT2D eigenvalue weighted by atomic mass is 16.2. The number of carbonyl (C=O) groups is 1. The van der Waals surface area contributed by atoms with Crippen LogP contribution in [0.15, 0.2) is 0 Å². The fourth-order valence-electron chi connectivity index (χ4n) is 2.83. The molecule has 1 saturated carbocycles. The Morgan fingerprint density at radius 3 is 2.31 bits per heavy atom. The molecule has 16 heavy (non-hydrogen) atoms. The van der Waals surface area contributed by atoms with Crippen molar-refractivity contribution in [1.29, 1.82) is 0 Å². The van der Waals surface area contributed by atoms with Gasteiger partial charge in [-0.25, -0.2) is 0 Å². The Bertz CT molecular complexity index is 249. The van der Waals surface area contributed by atoms with Crippen molar-refractivity contribution in [2.45, 2.75) is 50.6 Å². The fraction of sp³-hybridized carbons (Fsp3) is 0.917. The number of hydrogen-bond donors (Lipinski definition) is 2. The van der Waals surface area contributed by atoms with Crippen molar-refractivity contribution >= 4 is 5.91 Å². The Labute approximate surface area is 97.3 Å². The highest BCUT2D eigenvalue weighted by Gasteiger charge is 2.30. The molecule has 2 fully saturated rings. The predicted molar refractivity (Wildman–Crippen MR) is 63.7 cm³/mol. The number of piperidine rings is 1. The average molecular weight is 225 g/mol. The average Bonchev–Trinajstić information content (AvgIpc) is 2.29. The lowest BCUT2D eigenvalue weighted by molar-refractivity contribution is -0.137. The van der Waals surface area contributed by atoms with Crippen molar-refractivity contribution in [3.63, 3.8) is 0 Å². The van der Waals surface area contributed by atoms with Crippen molar-refractivity contribution in [2.24, 2.45) is 17.4 Å². The number of carbonyl (C=O) groups excluding carboxylic acids is 1. The van der Waals surface area contributed by atoms with E-state index in [2.05, 4.69) is 0 Å². The van der Waals surface area contributed by atoms with Crippen LogP contribution in [0.2, 0.25) is 0 Å². The molecule has 1 saturated heterocycles. The first kappa shape index (κ1) is 11.9. The van der Waals surface area contributed by atoms with E-state index in [1.165, 1.54) is 0 Å². The Balaban J connectivity index is 1.86. The van der Waals surface area contributed by atoms with Crippen molar-refractivity contribution < 1.29 is 4.79 Å². The number of amides is 1.